The van der Waals surface area contributed by atoms with Gasteiger partial charge in [0.25, 0.3) is 0 Å². The number of hydrogen-bond donors (Lipinski definition) is 1. The largest absolute Gasteiger partial charge is 0.443 e. The van der Waals surface area contributed by atoms with Crippen LogP contribution >= 0.6 is 0 Å². The number of fused-ring (bicyclic) bond motifs is 1. The summed E-state index contributed by atoms with van der Waals surface area (Å²) in [5.74, 6) is 0.129. The van der Waals surface area contributed by atoms with Crippen molar-refractivity contribution in [1.29, 1.82) is 0 Å². The van der Waals surface area contributed by atoms with Gasteiger partial charge in [0.15, 0.2) is 17.3 Å². The molecule has 0 bridgehead atoms. The molecular formula is C21H22N6O3. The van der Waals surface area contributed by atoms with E-state index in [-0.39, 0.29) is 35.7 Å². The van der Waals surface area contributed by atoms with Crippen molar-refractivity contribution in [3.63, 3.8) is 0 Å². The van der Waals surface area contributed by atoms with Crippen molar-refractivity contribution in [2.24, 2.45) is 0 Å². The minimum Gasteiger partial charge on any atom is -0.443 e. The van der Waals surface area contributed by atoms with Gasteiger partial charge in [-0.3, -0.25) is 4.79 Å². The van der Waals surface area contributed by atoms with E-state index >= 15 is 0 Å². The van der Waals surface area contributed by atoms with E-state index in [0.29, 0.717) is 17.8 Å². The molecule has 4 aromatic rings. The molecule has 0 spiro atoms. The van der Waals surface area contributed by atoms with Crippen LogP contribution in [0.3, 0.4) is 0 Å². The first kappa shape index (κ1) is 19.7. The number of carbonyl (C=O) groups excluding carboxylic acids is 1. The summed E-state index contributed by atoms with van der Waals surface area (Å²) in [5, 5.41) is 0. The second kappa shape index (κ2) is 8.03. The van der Waals surface area contributed by atoms with Crippen molar-refractivity contribution < 1.29 is 13.9 Å². The normalized spacial score (nSPS) is 12.4. The van der Waals surface area contributed by atoms with Crippen LogP contribution in [0.15, 0.2) is 41.4 Å². The number of imidazole rings is 1. The lowest BCUT2D eigenvalue weighted by Crippen LogP contribution is -2.14. The minimum absolute atomic E-state index is 0.0409. The van der Waals surface area contributed by atoms with Crippen molar-refractivity contribution in [3.05, 3.63) is 48.4 Å². The first-order chi connectivity index (χ1) is 14.5. The topological polar surface area (TPSA) is 121 Å². The number of oxazole rings is 1. The van der Waals surface area contributed by atoms with Gasteiger partial charge in [0.1, 0.15) is 23.3 Å². The fourth-order valence-electron chi connectivity index (χ4n) is 3.16. The molecule has 0 radical (unpaired) electrons. The Morgan fingerprint density at radius 2 is 2.10 bits per heavy atom. The van der Waals surface area contributed by atoms with E-state index in [9.17, 15) is 4.79 Å². The predicted octanol–water partition coefficient (Wildman–Crippen LogP) is 3.33. The molecule has 0 saturated carbocycles. The first-order valence-electron chi connectivity index (χ1n) is 9.55. The number of anilines is 1. The molecule has 2 N–H and O–H groups in total. The number of aryl methyl sites for hydroxylation is 1. The molecule has 0 aliphatic carbocycles. The van der Waals surface area contributed by atoms with E-state index in [0.717, 1.165) is 16.9 Å². The highest BCUT2D eigenvalue weighted by Gasteiger charge is 2.22. The molecule has 9 heteroatoms. The standard InChI is InChI=1S/C21H22N6O3/c1-12-10-24-16-7-5-14(11-27(12)16)17-19(21-23-8-9-30-21)26-20(22)18(25-17)15(28)6-4-13(2)29-3/h5,7-11,13H,4,6H2,1-3H3,(H2,22,26). The number of nitrogens with two attached hydrogens (primary N) is 1. The molecule has 0 aromatic carbocycles. The monoisotopic (exact) mass is 406 g/mol. The molecule has 0 saturated heterocycles. The number of aromatic nitrogens is 5. The van der Waals surface area contributed by atoms with Gasteiger partial charge < -0.3 is 19.3 Å². The van der Waals surface area contributed by atoms with Crippen LogP contribution in [0, 0.1) is 6.92 Å². The van der Waals surface area contributed by atoms with E-state index < -0.39 is 0 Å². The molecule has 154 valence electrons. The van der Waals surface area contributed by atoms with Crippen LogP contribution in [0.25, 0.3) is 28.5 Å². The highest BCUT2D eigenvalue weighted by Crippen LogP contribution is 2.31. The van der Waals surface area contributed by atoms with Crippen LogP contribution in [0.4, 0.5) is 5.82 Å². The van der Waals surface area contributed by atoms with Crippen molar-refractivity contribution in [3.8, 4) is 22.8 Å². The second-order valence-corrected chi connectivity index (χ2v) is 7.05. The molecule has 4 heterocycles. The van der Waals surface area contributed by atoms with Crippen molar-refractivity contribution in [2.75, 3.05) is 12.8 Å². The maximum Gasteiger partial charge on any atom is 0.247 e. The van der Waals surface area contributed by atoms with E-state index in [1.165, 1.54) is 12.5 Å². The molecule has 1 atom stereocenters. The number of rotatable bonds is 7. The lowest BCUT2D eigenvalue weighted by Gasteiger charge is -2.12. The molecule has 1 unspecified atom stereocenters. The SMILES string of the molecule is COC(C)CCC(=O)c1nc(-c2ccc3ncc(C)n3c2)c(-c2ncco2)nc1N. The van der Waals surface area contributed by atoms with Gasteiger partial charge in [-0.25, -0.2) is 19.9 Å². The number of methoxy groups -OCH3 is 1. The van der Waals surface area contributed by atoms with Crippen LogP contribution < -0.4 is 5.73 Å². The number of Topliss-reactive ketones (excluding diaryl/α,β-unsaturated/α-hetero) is 1. The predicted molar refractivity (Wildman–Crippen MR) is 111 cm³/mol. The van der Waals surface area contributed by atoms with Crippen molar-refractivity contribution in [2.45, 2.75) is 32.8 Å². The van der Waals surface area contributed by atoms with Crippen LogP contribution in [0.5, 0.6) is 0 Å². The summed E-state index contributed by atoms with van der Waals surface area (Å²) in [5.41, 5.74) is 9.58. The van der Waals surface area contributed by atoms with Crippen LogP contribution in [0.2, 0.25) is 0 Å². The third-order valence-corrected chi connectivity index (χ3v) is 4.97. The lowest BCUT2D eigenvalue weighted by molar-refractivity contribution is 0.0874. The van der Waals surface area contributed by atoms with Gasteiger partial charge in [0, 0.05) is 37.2 Å². The molecule has 0 aliphatic rings. The number of carbonyl (C=O) groups is 1. The summed E-state index contributed by atoms with van der Waals surface area (Å²) in [6, 6.07) is 3.75. The number of ketones is 1. The van der Waals surface area contributed by atoms with Crippen molar-refractivity contribution >= 4 is 17.2 Å². The van der Waals surface area contributed by atoms with Crippen LogP contribution in [0.1, 0.15) is 35.9 Å². The third kappa shape index (κ3) is 3.67. The Kier molecular flexibility index (Phi) is 5.28. The number of nitrogen functional groups attached to an aromatic ring is 1. The summed E-state index contributed by atoms with van der Waals surface area (Å²) in [7, 11) is 1.61. The van der Waals surface area contributed by atoms with Crippen LogP contribution in [-0.4, -0.2) is 43.3 Å². The summed E-state index contributed by atoms with van der Waals surface area (Å²) in [4.78, 5) is 30.4. The number of hydrogen-bond acceptors (Lipinski definition) is 8. The van der Waals surface area contributed by atoms with Gasteiger partial charge in [-0.15, -0.1) is 0 Å². The lowest BCUT2D eigenvalue weighted by atomic mass is 10.1. The average molecular weight is 406 g/mol. The van der Waals surface area contributed by atoms with Gasteiger partial charge in [0.2, 0.25) is 5.89 Å². The Bertz CT molecular complexity index is 1200. The summed E-state index contributed by atoms with van der Waals surface area (Å²) in [6.45, 7) is 3.86. The fraction of sp³-hybridized carbons (Fsp3) is 0.286. The summed E-state index contributed by atoms with van der Waals surface area (Å²) >= 11 is 0. The van der Waals surface area contributed by atoms with E-state index in [4.69, 9.17) is 14.9 Å². The Balaban J connectivity index is 1.83. The zero-order valence-corrected chi connectivity index (χ0v) is 17.0. The maximum absolute atomic E-state index is 12.8. The third-order valence-electron chi connectivity index (χ3n) is 4.97. The molecule has 4 aromatic heterocycles. The second-order valence-electron chi connectivity index (χ2n) is 7.05. The number of nitrogens with zero attached hydrogens (tertiary/aromatic N) is 5. The molecule has 0 fully saturated rings. The first-order valence-corrected chi connectivity index (χ1v) is 9.55. The Morgan fingerprint density at radius 3 is 2.83 bits per heavy atom. The molecule has 30 heavy (non-hydrogen) atoms. The van der Waals surface area contributed by atoms with Gasteiger partial charge in [-0.1, -0.05) is 0 Å². The average Bonchev–Trinajstić information content (AvgIpc) is 3.41. The molecule has 9 nitrogen and oxygen atoms in total. The Morgan fingerprint density at radius 1 is 1.27 bits per heavy atom. The quantitative estimate of drug-likeness (QED) is 0.464. The van der Waals surface area contributed by atoms with Gasteiger partial charge in [0.05, 0.1) is 12.3 Å². The summed E-state index contributed by atoms with van der Waals surface area (Å²) < 4.78 is 12.6. The van der Waals surface area contributed by atoms with Crippen LogP contribution in [-0.2, 0) is 4.74 Å². The van der Waals surface area contributed by atoms with E-state index in [1.807, 2.05) is 36.6 Å². The minimum atomic E-state index is -0.191. The summed E-state index contributed by atoms with van der Waals surface area (Å²) in [6.07, 6.45) is 7.43. The maximum atomic E-state index is 12.8. The van der Waals surface area contributed by atoms with Gasteiger partial charge in [-0.2, -0.15) is 0 Å². The van der Waals surface area contributed by atoms with Gasteiger partial charge in [-0.05, 0) is 32.4 Å². The Hall–Kier alpha value is -3.59. The highest BCUT2D eigenvalue weighted by atomic mass is 16.5. The van der Waals surface area contributed by atoms with Gasteiger partial charge >= 0.3 is 0 Å². The molecule has 4 rings (SSSR count). The van der Waals surface area contributed by atoms with E-state index in [1.54, 1.807) is 13.3 Å². The zero-order chi connectivity index (χ0) is 21.3. The molecule has 0 aliphatic heterocycles. The molecule has 0 amide bonds. The van der Waals surface area contributed by atoms with E-state index in [2.05, 4.69) is 19.9 Å². The Labute approximate surface area is 173 Å². The number of pyridine rings is 1. The number of ether oxygens (including phenoxy) is 1. The highest BCUT2D eigenvalue weighted by molar-refractivity contribution is 5.99. The zero-order valence-electron chi connectivity index (χ0n) is 17.0. The fourth-order valence-corrected chi connectivity index (χ4v) is 3.16. The molecular weight excluding hydrogens is 384 g/mol. The van der Waals surface area contributed by atoms with Crippen molar-refractivity contribution in [1.82, 2.24) is 24.3 Å². The smallest absolute Gasteiger partial charge is 0.247 e.